The Kier molecular flexibility index (Phi) is 3.16. The van der Waals surface area contributed by atoms with Crippen LogP contribution in [-0.2, 0) is 12.8 Å². The third kappa shape index (κ3) is 2.38. The summed E-state index contributed by atoms with van der Waals surface area (Å²) in [7, 11) is 0. The van der Waals surface area contributed by atoms with E-state index in [9.17, 15) is 4.79 Å². The molecule has 0 aliphatic heterocycles. The van der Waals surface area contributed by atoms with E-state index in [4.69, 9.17) is 9.52 Å². The molecule has 3 aromatic rings. The van der Waals surface area contributed by atoms with E-state index in [-0.39, 0.29) is 5.56 Å². The van der Waals surface area contributed by atoms with Crippen LogP contribution in [0.3, 0.4) is 0 Å². The number of fused-ring (bicyclic) bond motifs is 1. The summed E-state index contributed by atoms with van der Waals surface area (Å²) in [5.41, 5.74) is 2.17. The molecule has 2 aromatic heterocycles. The highest BCUT2D eigenvalue weighted by Crippen LogP contribution is 2.20. The summed E-state index contributed by atoms with van der Waals surface area (Å²) in [5, 5.41) is 9.11. The number of pyridine rings is 1. The third-order valence-corrected chi connectivity index (χ3v) is 3.04. The molecule has 5 nitrogen and oxygen atoms in total. The second-order valence-electron chi connectivity index (χ2n) is 4.43. The van der Waals surface area contributed by atoms with E-state index < -0.39 is 5.97 Å². The quantitative estimate of drug-likeness (QED) is 0.787. The summed E-state index contributed by atoms with van der Waals surface area (Å²) in [6.45, 7) is 0. The zero-order chi connectivity index (χ0) is 13.9. The van der Waals surface area contributed by atoms with Gasteiger partial charge in [0, 0.05) is 18.8 Å². The zero-order valence-corrected chi connectivity index (χ0v) is 10.6. The van der Waals surface area contributed by atoms with Crippen LogP contribution >= 0.6 is 0 Å². The van der Waals surface area contributed by atoms with Crippen LogP contribution in [0.1, 0.15) is 21.8 Å². The molecule has 0 aliphatic rings. The fraction of sp³-hybridized carbons (Fsp3) is 0.133. The van der Waals surface area contributed by atoms with E-state index in [0.717, 1.165) is 12.0 Å². The van der Waals surface area contributed by atoms with Crippen molar-refractivity contribution in [3.8, 4) is 0 Å². The number of carboxylic acid groups (broad SMARTS) is 1. The van der Waals surface area contributed by atoms with Gasteiger partial charge in [0.1, 0.15) is 5.52 Å². The van der Waals surface area contributed by atoms with Gasteiger partial charge in [-0.3, -0.25) is 4.98 Å². The maximum absolute atomic E-state index is 11.1. The van der Waals surface area contributed by atoms with E-state index in [1.807, 2.05) is 12.1 Å². The standard InChI is InChI=1S/C15H12N2O3/c18-15(19)11-4-1-5-12-14(11)17-13(20-12)7-6-10-3-2-8-16-9-10/h1-5,8-9H,6-7H2,(H,18,19). The van der Waals surface area contributed by atoms with Crippen LogP contribution in [0, 0.1) is 0 Å². The van der Waals surface area contributed by atoms with E-state index in [0.29, 0.717) is 23.4 Å². The molecule has 0 saturated carbocycles. The Morgan fingerprint density at radius 1 is 1.20 bits per heavy atom. The molecule has 0 aliphatic carbocycles. The van der Waals surface area contributed by atoms with Gasteiger partial charge >= 0.3 is 5.97 Å². The highest BCUT2D eigenvalue weighted by molar-refractivity contribution is 6.00. The lowest BCUT2D eigenvalue weighted by molar-refractivity contribution is 0.0699. The average Bonchev–Trinajstić information content (AvgIpc) is 2.88. The molecule has 0 atom stereocenters. The lowest BCUT2D eigenvalue weighted by atomic mass is 10.1. The van der Waals surface area contributed by atoms with Gasteiger partial charge in [0.25, 0.3) is 0 Å². The van der Waals surface area contributed by atoms with Crippen molar-refractivity contribution in [1.82, 2.24) is 9.97 Å². The molecular formula is C15H12N2O3. The fourth-order valence-corrected chi connectivity index (χ4v) is 2.07. The average molecular weight is 268 g/mol. The Balaban J connectivity index is 1.86. The van der Waals surface area contributed by atoms with E-state index >= 15 is 0 Å². The van der Waals surface area contributed by atoms with Gasteiger partial charge in [-0.1, -0.05) is 12.1 Å². The van der Waals surface area contributed by atoms with Gasteiger partial charge < -0.3 is 9.52 Å². The van der Waals surface area contributed by atoms with E-state index in [2.05, 4.69) is 9.97 Å². The van der Waals surface area contributed by atoms with Crippen LogP contribution in [0.25, 0.3) is 11.1 Å². The lowest BCUT2D eigenvalue weighted by Crippen LogP contribution is -1.97. The molecule has 1 aromatic carbocycles. The third-order valence-electron chi connectivity index (χ3n) is 3.04. The van der Waals surface area contributed by atoms with Crippen LogP contribution in [0.15, 0.2) is 47.1 Å². The number of aromatic carboxylic acids is 1. The molecule has 0 unspecified atom stereocenters. The van der Waals surface area contributed by atoms with Gasteiger partial charge in [0.15, 0.2) is 11.5 Å². The van der Waals surface area contributed by atoms with Gasteiger partial charge in [0.2, 0.25) is 0 Å². The summed E-state index contributed by atoms with van der Waals surface area (Å²) >= 11 is 0. The van der Waals surface area contributed by atoms with Gasteiger partial charge in [-0.15, -0.1) is 0 Å². The van der Waals surface area contributed by atoms with Crippen LogP contribution < -0.4 is 0 Å². The molecule has 20 heavy (non-hydrogen) atoms. The molecule has 100 valence electrons. The first kappa shape index (κ1) is 12.3. The first-order valence-electron chi connectivity index (χ1n) is 6.24. The molecule has 1 N–H and O–H groups in total. The van der Waals surface area contributed by atoms with Gasteiger partial charge in [-0.05, 0) is 30.2 Å². The highest BCUT2D eigenvalue weighted by Gasteiger charge is 2.14. The Bertz CT molecular complexity index is 750. The molecule has 0 fully saturated rings. The Labute approximate surface area is 114 Å². The minimum absolute atomic E-state index is 0.166. The van der Waals surface area contributed by atoms with Crippen molar-refractivity contribution in [1.29, 1.82) is 0 Å². The van der Waals surface area contributed by atoms with Crippen LogP contribution in [0.4, 0.5) is 0 Å². The molecule has 0 spiro atoms. The monoisotopic (exact) mass is 268 g/mol. The van der Waals surface area contributed by atoms with Crippen LogP contribution in [0.2, 0.25) is 0 Å². The second-order valence-corrected chi connectivity index (χ2v) is 4.43. The number of aryl methyl sites for hydroxylation is 2. The maximum Gasteiger partial charge on any atom is 0.338 e. The smallest absolute Gasteiger partial charge is 0.338 e. The Morgan fingerprint density at radius 3 is 2.85 bits per heavy atom. The minimum atomic E-state index is -0.997. The molecule has 2 heterocycles. The first-order chi connectivity index (χ1) is 9.74. The first-order valence-corrected chi connectivity index (χ1v) is 6.24. The normalized spacial score (nSPS) is 10.8. The Morgan fingerprint density at radius 2 is 2.10 bits per heavy atom. The summed E-state index contributed by atoms with van der Waals surface area (Å²) in [5.74, 6) is -0.458. The maximum atomic E-state index is 11.1. The van der Waals surface area contributed by atoms with E-state index in [1.54, 1.807) is 24.5 Å². The SMILES string of the molecule is O=C(O)c1cccc2oc(CCc3cccnc3)nc12. The summed E-state index contributed by atoms with van der Waals surface area (Å²) < 4.78 is 5.59. The summed E-state index contributed by atoms with van der Waals surface area (Å²) in [4.78, 5) is 19.4. The molecule has 0 amide bonds. The van der Waals surface area contributed by atoms with E-state index in [1.165, 1.54) is 6.07 Å². The molecule has 0 saturated heterocycles. The van der Waals surface area contributed by atoms with Crippen molar-refractivity contribution < 1.29 is 14.3 Å². The Hall–Kier alpha value is -2.69. The molecule has 0 bridgehead atoms. The van der Waals surface area contributed by atoms with Crippen molar-refractivity contribution in [2.75, 3.05) is 0 Å². The molecular weight excluding hydrogens is 256 g/mol. The van der Waals surface area contributed by atoms with Crippen molar-refractivity contribution >= 4 is 17.1 Å². The predicted molar refractivity (Wildman–Crippen MR) is 72.6 cm³/mol. The number of benzene rings is 1. The van der Waals surface area contributed by atoms with Gasteiger partial charge in [-0.2, -0.15) is 0 Å². The van der Waals surface area contributed by atoms with Crippen molar-refractivity contribution in [3.05, 3.63) is 59.7 Å². The number of carbonyl (C=O) groups is 1. The number of carboxylic acids is 1. The number of hydrogen-bond acceptors (Lipinski definition) is 4. The predicted octanol–water partition coefficient (Wildman–Crippen LogP) is 2.71. The number of nitrogens with zero attached hydrogens (tertiary/aromatic N) is 2. The van der Waals surface area contributed by atoms with Crippen molar-refractivity contribution in [3.63, 3.8) is 0 Å². The van der Waals surface area contributed by atoms with Crippen molar-refractivity contribution in [2.24, 2.45) is 0 Å². The lowest BCUT2D eigenvalue weighted by Gasteiger charge is -1.96. The van der Waals surface area contributed by atoms with Crippen LogP contribution in [-0.4, -0.2) is 21.0 Å². The summed E-state index contributed by atoms with van der Waals surface area (Å²) in [6, 6.07) is 8.77. The number of para-hydroxylation sites is 1. The minimum Gasteiger partial charge on any atom is -0.478 e. The molecule has 3 rings (SSSR count). The molecule has 5 heteroatoms. The molecule has 0 radical (unpaired) electrons. The number of oxazole rings is 1. The van der Waals surface area contributed by atoms with Gasteiger partial charge in [-0.25, -0.2) is 9.78 Å². The van der Waals surface area contributed by atoms with Crippen molar-refractivity contribution in [2.45, 2.75) is 12.8 Å². The number of rotatable bonds is 4. The fourth-order valence-electron chi connectivity index (χ4n) is 2.07. The largest absolute Gasteiger partial charge is 0.478 e. The summed E-state index contributed by atoms with van der Waals surface area (Å²) in [6.07, 6.45) is 4.88. The second kappa shape index (κ2) is 5.13. The number of aromatic nitrogens is 2. The zero-order valence-electron chi connectivity index (χ0n) is 10.6. The van der Waals surface area contributed by atoms with Crippen LogP contribution in [0.5, 0.6) is 0 Å². The number of hydrogen-bond donors (Lipinski definition) is 1. The van der Waals surface area contributed by atoms with Gasteiger partial charge in [0.05, 0.1) is 5.56 Å². The highest BCUT2D eigenvalue weighted by atomic mass is 16.4. The topological polar surface area (TPSA) is 76.2 Å².